The van der Waals surface area contributed by atoms with Gasteiger partial charge in [-0.05, 0) is 30.2 Å². The number of nitrogens with one attached hydrogen (secondary N) is 2. The lowest BCUT2D eigenvalue weighted by Gasteiger charge is -2.08. The van der Waals surface area contributed by atoms with Crippen molar-refractivity contribution >= 4 is 17.4 Å². The Balaban J connectivity index is 1.63. The van der Waals surface area contributed by atoms with Gasteiger partial charge in [-0.25, -0.2) is 0 Å². The Morgan fingerprint density at radius 1 is 1.12 bits per heavy atom. The van der Waals surface area contributed by atoms with Crippen molar-refractivity contribution in [3.8, 4) is 0 Å². The second kappa shape index (κ2) is 7.74. The maximum Gasteiger partial charge on any atom is 0.251 e. The van der Waals surface area contributed by atoms with Crippen LogP contribution in [0, 0.1) is 5.92 Å². The van der Waals surface area contributed by atoms with E-state index in [1.54, 1.807) is 16.6 Å². The van der Waals surface area contributed by atoms with Crippen molar-refractivity contribution < 1.29 is 4.79 Å². The lowest BCUT2D eigenvalue weighted by molar-refractivity contribution is 0.0954. The minimum absolute atomic E-state index is 0.0957. The van der Waals surface area contributed by atoms with Gasteiger partial charge in [0.05, 0.1) is 0 Å². The number of fused-ring (bicyclic) bond motifs is 1. The Morgan fingerprint density at radius 3 is 2.68 bits per heavy atom. The van der Waals surface area contributed by atoms with Crippen LogP contribution in [0.2, 0.25) is 0 Å². The zero-order valence-corrected chi connectivity index (χ0v) is 14.4. The normalized spacial score (nSPS) is 11.0. The number of aromatic nitrogens is 4. The summed E-state index contributed by atoms with van der Waals surface area (Å²) >= 11 is 0. The molecule has 2 N–H and O–H groups in total. The van der Waals surface area contributed by atoms with E-state index in [4.69, 9.17) is 0 Å². The van der Waals surface area contributed by atoms with Crippen LogP contribution in [-0.4, -0.2) is 38.8 Å². The fourth-order valence-electron chi connectivity index (χ4n) is 2.37. The zero-order valence-electron chi connectivity index (χ0n) is 14.4. The molecule has 2 heterocycles. The highest BCUT2D eigenvalue weighted by Crippen LogP contribution is 2.08. The molecule has 0 fully saturated rings. The lowest BCUT2D eigenvalue weighted by Crippen LogP contribution is -2.26. The van der Waals surface area contributed by atoms with Crippen LogP contribution < -0.4 is 10.6 Å². The lowest BCUT2D eigenvalue weighted by atomic mass is 10.2. The summed E-state index contributed by atoms with van der Waals surface area (Å²) in [5, 5.41) is 19.0. The van der Waals surface area contributed by atoms with Gasteiger partial charge in [0, 0.05) is 25.1 Å². The molecule has 0 aliphatic rings. The predicted molar refractivity (Wildman–Crippen MR) is 96.6 cm³/mol. The molecule has 0 bridgehead atoms. The summed E-state index contributed by atoms with van der Waals surface area (Å²) in [4.78, 5) is 12.1. The van der Waals surface area contributed by atoms with E-state index in [9.17, 15) is 4.79 Å². The van der Waals surface area contributed by atoms with Crippen molar-refractivity contribution in [3.05, 3.63) is 53.9 Å². The van der Waals surface area contributed by atoms with Crippen LogP contribution >= 0.6 is 0 Å². The molecular weight excluding hydrogens is 316 g/mol. The second-order valence-electron chi connectivity index (χ2n) is 6.25. The van der Waals surface area contributed by atoms with Gasteiger partial charge in [-0.2, -0.15) is 4.52 Å². The van der Waals surface area contributed by atoms with Crippen LogP contribution in [0.4, 0.5) is 5.82 Å². The van der Waals surface area contributed by atoms with Gasteiger partial charge in [-0.15, -0.1) is 15.3 Å². The quantitative estimate of drug-likeness (QED) is 0.690. The number of carbonyl (C=O) groups excluding carboxylic acids is 1. The van der Waals surface area contributed by atoms with Crippen LogP contribution in [0.1, 0.15) is 30.0 Å². The standard InChI is InChI=1S/C18H22N6O/c1-13(2)12-20-15-8-9-16-21-22-17(24(16)23-15)10-11-19-18(25)14-6-4-3-5-7-14/h3-9,13H,10-12H2,1-2H3,(H,19,25)(H,20,23). The third-order valence-electron chi connectivity index (χ3n) is 3.69. The summed E-state index contributed by atoms with van der Waals surface area (Å²) in [6.45, 7) is 5.61. The van der Waals surface area contributed by atoms with Gasteiger partial charge in [-0.3, -0.25) is 4.79 Å². The Morgan fingerprint density at radius 2 is 1.92 bits per heavy atom. The second-order valence-corrected chi connectivity index (χ2v) is 6.25. The molecule has 0 radical (unpaired) electrons. The van der Waals surface area contributed by atoms with Gasteiger partial charge in [0.15, 0.2) is 11.5 Å². The van der Waals surface area contributed by atoms with Crippen molar-refractivity contribution in [2.24, 2.45) is 5.92 Å². The topological polar surface area (TPSA) is 84.2 Å². The fourth-order valence-corrected chi connectivity index (χ4v) is 2.37. The molecule has 3 rings (SSSR count). The molecule has 0 saturated carbocycles. The summed E-state index contributed by atoms with van der Waals surface area (Å²) in [5.74, 6) is 1.94. The molecule has 130 valence electrons. The molecule has 7 heteroatoms. The predicted octanol–water partition coefficient (Wildman–Crippen LogP) is 2.16. The first-order valence-electron chi connectivity index (χ1n) is 8.42. The van der Waals surface area contributed by atoms with Crippen molar-refractivity contribution in [2.75, 3.05) is 18.4 Å². The van der Waals surface area contributed by atoms with Crippen LogP contribution in [0.15, 0.2) is 42.5 Å². The van der Waals surface area contributed by atoms with Crippen molar-refractivity contribution in [1.82, 2.24) is 25.1 Å². The first-order valence-corrected chi connectivity index (χ1v) is 8.42. The van der Waals surface area contributed by atoms with E-state index in [0.29, 0.717) is 30.1 Å². The van der Waals surface area contributed by atoms with Crippen molar-refractivity contribution in [2.45, 2.75) is 20.3 Å². The summed E-state index contributed by atoms with van der Waals surface area (Å²) in [6.07, 6.45) is 0.556. The van der Waals surface area contributed by atoms with Crippen LogP contribution in [0.3, 0.4) is 0 Å². The molecule has 25 heavy (non-hydrogen) atoms. The molecule has 0 aliphatic carbocycles. The summed E-state index contributed by atoms with van der Waals surface area (Å²) in [7, 11) is 0. The number of hydrogen-bond donors (Lipinski definition) is 2. The summed E-state index contributed by atoms with van der Waals surface area (Å²) < 4.78 is 1.72. The Bertz CT molecular complexity index is 843. The molecule has 0 aliphatic heterocycles. The molecule has 0 unspecified atom stereocenters. The van der Waals surface area contributed by atoms with Crippen LogP contribution in [0.5, 0.6) is 0 Å². The number of benzene rings is 1. The smallest absolute Gasteiger partial charge is 0.251 e. The van der Waals surface area contributed by atoms with Gasteiger partial charge in [-0.1, -0.05) is 32.0 Å². The highest BCUT2D eigenvalue weighted by atomic mass is 16.1. The van der Waals surface area contributed by atoms with Gasteiger partial charge < -0.3 is 10.6 Å². The maximum atomic E-state index is 12.1. The van der Waals surface area contributed by atoms with Crippen molar-refractivity contribution in [3.63, 3.8) is 0 Å². The minimum atomic E-state index is -0.0957. The minimum Gasteiger partial charge on any atom is -0.368 e. The van der Waals surface area contributed by atoms with Gasteiger partial charge in [0.25, 0.3) is 5.91 Å². The van der Waals surface area contributed by atoms with Crippen molar-refractivity contribution in [1.29, 1.82) is 0 Å². The average Bonchev–Trinajstić information content (AvgIpc) is 3.03. The number of carbonyl (C=O) groups is 1. The van der Waals surface area contributed by atoms with Crippen LogP contribution in [-0.2, 0) is 6.42 Å². The highest BCUT2D eigenvalue weighted by molar-refractivity contribution is 5.94. The molecule has 1 amide bonds. The van der Waals surface area contributed by atoms with E-state index in [1.165, 1.54) is 0 Å². The Hall–Kier alpha value is -2.96. The van der Waals surface area contributed by atoms with E-state index in [1.807, 2.05) is 30.3 Å². The fraction of sp³-hybridized carbons (Fsp3) is 0.333. The average molecular weight is 338 g/mol. The molecule has 7 nitrogen and oxygen atoms in total. The van der Waals surface area contributed by atoms with Gasteiger partial charge >= 0.3 is 0 Å². The first-order chi connectivity index (χ1) is 12.1. The van der Waals surface area contributed by atoms with Crippen LogP contribution in [0.25, 0.3) is 5.65 Å². The summed E-state index contributed by atoms with van der Waals surface area (Å²) in [6, 6.07) is 12.9. The molecule has 1 aromatic carbocycles. The number of anilines is 1. The maximum absolute atomic E-state index is 12.1. The molecule has 0 atom stereocenters. The third kappa shape index (κ3) is 4.32. The molecule has 2 aromatic heterocycles. The third-order valence-corrected chi connectivity index (χ3v) is 3.69. The van der Waals surface area contributed by atoms with Gasteiger partial charge in [0.2, 0.25) is 0 Å². The first kappa shape index (κ1) is 16.9. The van der Waals surface area contributed by atoms with E-state index < -0.39 is 0 Å². The summed E-state index contributed by atoms with van der Waals surface area (Å²) in [5.41, 5.74) is 1.34. The molecular formula is C18H22N6O. The van der Waals surface area contributed by atoms with E-state index >= 15 is 0 Å². The Kier molecular flexibility index (Phi) is 5.23. The highest BCUT2D eigenvalue weighted by Gasteiger charge is 2.09. The SMILES string of the molecule is CC(C)CNc1ccc2nnc(CCNC(=O)c3ccccc3)n2n1. The van der Waals surface area contributed by atoms with Gasteiger partial charge in [0.1, 0.15) is 5.82 Å². The number of hydrogen-bond acceptors (Lipinski definition) is 5. The largest absolute Gasteiger partial charge is 0.368 e. The Labute approximate surface area is 146 Å². The number of rotatable bonds is 7. The number of amides is 1. The van der Waals surface area contributed by atoms with E-state index in [2.05, 4.69) is 39.8 Å². The molecule has 0 spiro atoms. The van der Waals surface area contributed by atoms with E-state index in [-0.39, 0.29) is 5.91 Å². The zero-order chi connectivity index (χ0) is 17.6. The monoisotopic (exact) mass is 338 g/mol. The molecule has 0 saturated heterocycles. The van der Waals surface area contributed by atoms with E-state index in [0.717, 1.165) is 18.2 Å². The molecule has 3 aromatic rings. The number of nitrogens with zero attached hydrogens (tertiary/aromatic N) is 4.